The van der Waals surface area contributed by atoms with Gasteiger partial charge in [-0.15, -0.1) is 0 Å². The van der Waals surface area contributed by atoms with E-state index in [-0.39, 0.29) is 0 Å². The SMILES string of the molecule is O=NC1CCNCC1N=O. The average molecular weight is 143 g/mol. The van der Waals surface area contributed by atoms with Crippen LogP contribution in [0.1, 0.15) is 6.42 Å². The second-order valence-corrected chi connectivity index (χ2v) is 2.34. The van der Waals surface area contributed by atoms with Crippen LogP contribution in [0.25, 0.3) is 0 Å². The van der Waals surface area contributed by atoms with E-state index < -0.39 is 12.1 Å². The van der Waals surface area contributed by atoms with Crippen LogP contribution in [-0.2, 0) is 0 Å². The molecule has 1 heterocycles. The molecule has 0 bridgehead atoms. The Bertz CT molecular complexity index is 123. The van der Waals surface area contributed by atoms with Gasteiger partial charge >= 0.3 is 0 Å². The number of hydrogen-bond donors (Lipinski definition) is 1. The van der Waals surface area contributed by atoms with Gasteiger partial charge in [-0.25, -0.2) is 0 Å². The minimum Gasteiger partial charge on any atom is -0.314 e. The van der Waals surface area contributed by atoms with Crippen molar-refractivity contribution >= 4 is 0 Å². The van der Waals surface area contributed by atoms with Crippen molar-refractivity contribution in [3.05, 3.63) is 9.81 Å². The van der Waals surface area contributed by atoms with Crippen LogP contribution in [0.5, 0.6) is 0 Å². The first-order valence-corrected chi connectivity index (χ1v) is 3.24. The summed E-state index contributed by atoms with van der Waals surface area (Å²) in [5.74, 6) is 0. The van der Waals surface area contributed by atoms with Crippen LogP contribution in [0, 0.1) is 9.81 Å². The van der Waals surface area contributed by atoms with Gasteiger partial charge in [0.1, 0.15) is 12.1 Å². The lowest BCUT2D eigenvalue weighted by molar-refractivity contribution is 0.401. The topological polar surface area (TPSA) is 70.9 Å². The predicted molar refractivity (Wildman–Crippen MR) is 36.7 cm³/mol. The number of nitrogens with one attached hydrogen (secondary N) is 1. The van der Waals surface area contributed by atoms with Crippen LogP contribution in [0.15, 0.2) is 10.4 Å². The number of rotatable bonds is 2. The molecule has 1 aliphatic heterocycles. The molecule has 1 aliphatic rings. The average Bonchev–Trinajstić information content (AvgIpc) is 2.04. The molecular formula is C5H9N3O2. The van der Waals surface area contributed by atoms with E-state index in [1.54, 1.807) is 0 Å². The largest absolute Gasteiger partial charge is 0.314 e. The first-order chi connectivity index (χ1) is 4.88. The van der Waals surface area contributed by atoms with Gasteiger partial charge in [0.15, 0.2) is 0 Å². The standard InChI is InChI=1S/C5H9N3O2/c9-7-4-1-2-6-3-5(4)8-10/h4-6H,1-3H2. The summed E-state index contributed by atoms with van der Waals surface area (Å²) < 4.78 is 0. The first kappa shape index (κ1) is 7.27. The summed E-state index contributed by atoms with van der Waals surface area (Å²) in [4.78, 5) is 20.1. The summed E-state index contributed by atoms with van der Waals surface area (Å²) in [7, 11) is 0. The van der Waals surface area contributed by atoms with E-state index in [0.717, 1.165) is 6.54 Å². The van der Waals surface area contributed by atoms with Crippen LogP contribution in [0.3, 0.4) is 0 Å². The highest BCUT2D eigenvalue weighted by atomic mass is 16.3. The molecule has 1 rings (SSSR count). The lowest BCUT2D eigenvalue weighted by atomic mass is 10.0. The van der Waals surface area contributed by atoms with Crippen molar-refractivity contribution in [2.75, 3.05) is 13.1 Å². The fourth-order valence-electron chi connectivity index (χ4n) is 1.06. The second-order valence-electron chi connectivity index (χ2n) is 2.34. The molecule has 2 atom stereocenters. The van der Waals surface area contributed by atoms with Crippen molar-refractivity contribution in [3.63, 3.8) is 0 Å². The number of nitroso groups, excluding NO2 is 2. The molecular weight excluding hydrogens is 134 g/mol. The third kappa shape index (κ3) is 1.36. The highest BCUT2D eigenvalue weighted by Gasteiger charge is 2.26. The monoisotopic (exact) mass is 143 g/mol. The maximum Gasteiger partial charge on any atom is 0.130 e. The van der Waals surface area contributed by atoms with E-state index in [9.17, 15) is 9.81 Å². The van der Waals surface area contributed by atoms with Gasteiger partial charge in [-0.2, -0.15) is 9.81 Å². The lowest BCUT2D eigenvalue weighted by Gasteiger charge is -2.20. The van der Waals surface area contributed by atoms with E-state index >= 15 is 0 Å². The van der Waals surface area contributed by atoms with Gasteiger partial charge in [-0.05, 0) is 13.0 Å². The van der Waals surface area contributed by atoms with Crippen LogP contribution in [-0.4, -0.2) is 25.2 Å². The summed E-state index contributed by atoms with van der Waals surface area (Å²) in [6.45, 7) is 1.24. The quantitative estimate of drug-likeness (QED) is 0.563. The second kappa shape index (κ2) is 3.36. The van der Waals surface area contributed by atoms with E-state index in [0.29, 0.717) is 13.0 Å². The third-order valence-corrected chi connectivity index (χ3v) is 1.69. The van der Waals surface area contributed by atoms with Crippen LogP contribution < -0.4 is 5.32 Å². The van der Waals surface area contributed by atoms with Crippen molar-refractivity contribution in [2.24, 2.45) is 10.4 Å². The molecule has 2 unspecified atom stereocenters. The minimum atomic E-state index is -0.453. The molecule has 0 radical (unpaired) electrons. The van der Waals surface area contributed by atoms with Crippen LogP contribution in [0.2, 0.25) is 0 Å². The third-order valence-electron chi connectivity index (χ3n) is 1.69. The molecule has 0 spiro atoms. The molecule has 0 aromatic rings. The molecule has 56 valence electrons. The Labute approximate surface area is 58.1 Å². The molecule has 1 saturated heterocycles. The zero-order valence-corrected chi connectivity index (χ0v) is 5.49. The first-order valence-electron chi connectivity index (χ1n) is 3.24. The van der Waals surface area contributed by atoms with E-state index in [1.807, 2.05) is 0 Å². The Balaban J connectivity index is 2.49. The van der Waals surface area contributed by atoms with Gasteiger partial charge < -0.3 is 5.32 Å². The molecule has 5 nitrogen and oxygen atoms in total. The molecule has 0 aliphatic carbocycles. The Kier molecular flexibility index (Phi) is 2.44. The molecule has 0 aromatic heterocycles. The highest BCUT2D eigenvalue weighted by Crippen LogP contribution is 2.10. The maximum absolute atomic E-state index is 10.1. The zero-order valence-electron chi connectivity index (χ0n) is 5.49. The van der Waals surface area contributed by atoms with Crippen molar-refractivity contribution in [3.8, 4) is 0 Å². The van der Waals surface area contributed by atoms with Crippen LogP contribution >= 0.6 is 0 Å². The summed E-state index contributed by atoms with van der Waals surface area (Å²) in [5, 5.41) is 8.57. The molecule has 1 N–H and O–H groups in total. The Morgan fingerprint density at radius 2 is 1.90 bits per heavy atom. The van der Waals surface area contributed by atoms with E-state index in [4.69, 9.17) is 0 Å². The van der Waals surface area contributed by atoms with Crippen LogP contribution in [0.4, 0.5) is 0 Å². The van der Waals surface area contributed by atoms with E-state index in [2.05, 4.69) is 15.7 Å². The highest BCUT2D eigenvalue weighted by molar-refractivity contribution is 4.87. The lowest BCUT2D eigenvalue weighted by Crippen LogP contribution is -2.41. The Morgan fingerprint density at radius 1 is 1.20 bits per heavy atom. The van der Waals surface area contributed by atoms with Crippen molar-refractivity contribution in [2.45, 2.75) is 18.5 Å². The van der Waals surface area contributed by atoms with Gasteiger partial charge in [-0.1, -0.05) is 10.4 Å². The predicted octanol–water partition coefficient (Wildman–Crippen LogP) is 0.250. The number of nitrogens with zero attached hydrogens (tertiary/aromatic N) is 2. The zero-order chi connectivity index (χ0) is 7.40. The Morgan fingerprint density at radius 3 is 2.40 bits per heavy atom. The van der Waals surface area contributed by atoms with Gasteiger partial charge in [0.2, 0.25) is 0 Å². The van der Waals surface area contributed by atoms with Gasteiger partial charge in [0.05, 0.1) is 0 Å². The molecule has 10 heavy (non-hydrogen) atoms. The summed E-state index contributed by atoms with van der Waals surface area (Å²) in [6, 6.07) is -0.856. The molecule has 1 fully saturated rings. The molecule has 5 heteroatoms. The maximum atomic E-state index is 10.1. The van der Waals surface area contributed by atoms with Crippen molar-refractivity contribution in [1.82, 2.24) is 5.32 Å². The normalized spacial score (nSPS) is 33.2. The van der Waals surface area contributed by atoms with Gasteiger partial charge in [0.25, 0.3) is 0 Å². The summed E-state index contributed by atoms with van der Waals surface area (Å²) in [6.07, 6.45) is 0.625. The number of hydrogen-bond acceptors (Lipinski definition) is 5. The van der Waals surface area contributed by atoms with Gasteiger partial charge in [0, 0.05) is 6.54 Å². The number of piperidine rings is 1. The minimum absolute atomic E-state index is 0.404. The summed E-state index contributed by atoms with van der Waals surface area (Å²) >= 11 is 0. The Hall–Kier alpha value is -0.840. The van der Waals surface area contributed by atoms with Crippen molar-refractivity contribution in [1.29, 1.82) is 0 Å². The van der Waals surface area contributed by atoms with E-state index in [1.165, 1.54) is 0 Å². The fraction of sp³-hybridized carbons (Fsp3) is 1.00. The summed E-state index contributed by atoms with van der Waals surface area (Å²) in [5.41, 5.74) is 0. The van der Waals surface area contributed by atoms with Crippen molar-refractivity contribution < 1.29 is 0 Å². The molecule has 0 aromatic carbocycles. The van der Waals surface area contributed by atoms with Gasteiger partial charge in [-0.3, -0.25) is 0 Å². The smallest absolute Gasteiger partial charge is 0.130 e. The molecule has 0 amide bonds. The molecule has 0 saturated carbocycles. The fourth-order valence-corrected chi connectivity index (χ4v) is 1.06.